The Hall–Kier alpha value is -0.0800. The summed E-state index contributed by atoms with van der Waals surface area (Å²) in [6.07, 6.45) is 16.5. The predicted molar refractivity (Wildman–Crippen MR) is 106 cm³/mol. The van der Waals surface area contributed by atoms with Crippen LogP contribution in [0.3, 0.4) is 0 Å². The summed E-state index contributed by atoms with van der Waals surface area (Å²) >= 11 is 0. The molecule has 146 valence electrons. The second kappa shape index (κ2) is 13.2. The average Bonchev–Trinajstić information content (AvgIpc) is 2.47. The van der Waals surface area contributed by atoms with Gasteiger partial charge in [-0.1, -0.05) is 92.4 Å². The van der Waals surface area contributed by atoms with E-state index in [1.165, 1.54) is 77.0 Å². The van der Waals surface area contributed by atoms with Gasteiger partial charge in [-0.25, -0.2) is 0 Å². The van der Waals surface area contributed by atoms with Crippen molar-refractivity contribution >= 4 is 0 Å². The van der Waals surface area contributed by atoms with E-state index in [0.717, 1.165) is 6.42 Å². The van der Waals surface area contributed by atoms with E-state index in [1.54, 1.807) is 0 Å². The van der Waals surface area contributed by atoms with Gasteiger partial charge in [0.05, 0.1) is 0 Å². The van der Waals surface area contributed by atoms with Gasteiger partial charge in [-0.2, -0.15) is 0 Å². The number of unbranched alkanes of at least 4 members (excludes halogenated alkanes) is 7. The molecule has 0 saturated carbocycles. The molecule has 0 radical (unpaired) electrons. The highest BCUT2D eigenvalue weighted by atomic mass is 16.5. The van der Waals surface area contributed by atoms with Gasteiger partial charge in [-0.15, -0.1) is 0 Å². The van der Waals surface area contributed by atoms with E-state index in [1.807, 2.05) is 0 Å². The van der Waals surface area contributed by atoms with Crippen LogP contribution in [-0.2, 0) is 0 Å². The lowest BCUT2D eigenvalue weighted by Gasteiger charge is -2.25. The first kappa shape index (κ1) is 23.9. The lowest BCUT2D eigenvalue weighted by atomic mass is 9.82. The summed E-state index contributed by atoms with van der Waals surface area (Å²) in [5, 5.41) is 17.9. The van der Waals surface area contributed by atoms with Crippen LogP contribution in [0.5, 0.6) is 0 Å². The number of rotatable bonds is 16. The van der Waals surface area contributed by atoms with Crippen LogP contribution in [0.1, 0.15) is 125 Å². The third-order valence-electron chi connectivity index (χ3n) is 5.46. The molecule has 2 nitrogen and oxygen atoms in total. The van der Waals surface area contributed by atoms with Crippen LogP contribution in [0, 0.1) is 10.8 Å². The Balaban J connectivity index is 3.42. The monoisotopic (exact) mass is 342 g/mol. The Bertz CT molecular complexity index is 282. The summed E-state index contributed by atoms with van der Waals surface area (Å²) in [6.45, 7) is 11.6. The molecule has 0 rings (SSSR count). The maximum atomic E-state index is 8.97. The first-order valence-corrected chi connectivity index (χ1v) is 10.5. The zero-order valence-corrected chi connectivity index (χ0v) is 17.4. The smallest absolute Gasteiger partial charge is 0.151 e. The fourth-order valence-electron chi connectivity index (χ4n) is 3.71. The van der Waals surface area contributed by atoms with Crippen molar-refractivity contribution in [2.75, 3.05) is 0 Å². The maximum absolute atomic E-state index is 8.97. The Morgan fingerprint density at radius 3 is 1.33 bits per heavy atom. The molecule has 0 amide bonds. The molecule has 0 aromatic carbocycles. The number of hydrogen-bond acceptors (Lipinski definition) is 2. The Kier molecular flexibility index (Phi) is 13.1. The molecule has 0 unspecified atom stereocenters. The highest BCUT2D eigenvalue weighted by molar-refractivity contribution is 4.69. The SMILES string of the molecule is CCCC(C)(C)CCCCCCCCCCC(C)(C)CCC(O)O. The minimum atomic E-state index is -1.14. The van der Waals surface area contributed by atoms with E-state index < -0.39 is 6.29 Å². The van der Waals surface area contributed by atoms with Gasteiger partial charge >= 0.3 is 0 Å². The molecular weight excluding hydrogens is 296 g/mol. The molecule has 0 aliphatic rings. The lowest BCUT2D eigenvalue weighted by molar-refractivity contribution is -0.0524. The molecule has 2 heteroatoms. The first-order valence-electron chi connectivity index (χ1n) is 10.5. The minimum Gasteiger partial charge on any atom is -0.368 e. The lowest BCUT2D eigenvalue weighted by Crippen LogP contribution is -2.15. The van der Waals surface area contributed by atoms with Gasteiger partial charge in [-0.3, -0.25) is 0 Å². The number of aliphatic hydroxyl groups excluding tert-OH is 1. The molecule has 0 aliphatic heterocycles. The molecule has 0 fully saturated rings. The Labute approximate surface area is 152 Å². The van der Waals surface area contributed by atoms with Gasteiger partial charge in [-0.05, 0) is 42.9 Å². The fourth-order valence-corrected chi connectivity index (χ4v) is 3.71. The summed E-state index contributed by atoms with van der Waals surface area (Å²) in [4.78, 5) is 0. The van der Waals surface area contributed by atoms with Gasteiger partial charge in [0.2, 0.25) is 0 Å². The molecule has 0 heterocycles. The van der Waals surface area contributed by atoms with Crippen molar-refractivity contribution in [1.82, 2.24) is 0 Å². The Morgan fingerprint density at radius 1 is 0.583 bits per heavy atom. The summed E-state index contributed by atoms with van der Waals surface area (Å²) in [6, 6.07) is 0. The van der Waals surface area contributed by atoms with E-state index in [4.69, 9.17) is 10.2 Å². The molecule has 2 N–H and O–H groups in total. The van der Waals surface area contributed by atoms with Crippen molar-refractivity contribution in [3.63, 3.8) is 0 Å². The molecule has 0 saturated heterocycles. The van der Waals surface area contributed by atoms with E-state index in [9.17, 15) is 0 Å². The zero-order chi connectivity index (χ0) is 18.5. The third kappa shape index (κ3) is 15.4. The number of hydrogen-bond donors (Lipinski definition) is 2. The molecule has 24 heavy (non-hydrogen) atoms. The van der Waals surface area contributed by atoms with Crippen molar-refractivity contribution in [1.29, 1.82) is 0 Å². The first-order chi connectivity index (χ1) is 11.2. The zero-order valence-electron chi connectivity index (χ0n) is 17.4. The van der Waals surface area contributed by atoms with Crippen molar-refractivity contribution in [3.8, 4) is 0 Å². The van der Waals surface area contributed by atoms with Crippen LogP contribution < -0.4 is 0 Å². The molecular formula is C22H46O2. The second-order valence-electron chi connectivity index (χ2n) is 9.43. The number of aliphatic hydroxyl groups is 2. The van der Waals surface area contributed by atoms with Crippen molar-refractivity contribution in [2.45, 2.75) is 131 Å². The molecule has 0 aromatic heterocycles. The Morgan fingerprint density at radius 2 is 0.958 bits per heavy atom. The fraction of sp³-hybridized carbons (Fsp3) is 1.00. The third-order valence-corrected chi connectivity index (χ3v) is 5.46. The van der Waals surface area contributed by atoms with Gasteiger partial charge < -0.3 is 10.2 Å². The van der Waals surface area contributed by atoms with Crippen LogP contribution in [0.2, 0.25) is 0 Å². The molecule has 0 bridgehead atoms. The molecule has 0 atom stereocenters. The summed E-state index contributed by atoms with van der Waals surface area (Å²) < 4.78 is 0. The molecule has 0 aliphatic carbocycles. The largest absolute Gasteiger partial charge is 0.368 e. The van der Waals surface area contributed by atoms with Crippen molar-refractivity contribution < 1.29 is 10.2 Å². The molecule has 0 spiro atoms. The topological polar surface area (TPSA) is 40.5 Å². The highest BCUT2D eigenvalue weighted by Gasteiger charge is 2.18. The van der Waals surface area contributed by atoms with Crippen molar-refractivity contribution in [2.24, 2.45) is 10.8 Å². The summed E-state index contributed by atoms with van der Waals surface area (Å²) in [5.74, 6) is 0. The van der Waals surface area contributed by atoms with Crippen LogP contribution in [0.15, 0.2) is 0 Å². The highest BCUT2D eigenvalue weighted by Crippen LogP contribution is 2.30. The maximum Gasteiger partial charge on any atom is 0.151 e. The standard InChI is InChI=1S/C22H46O2/c1-6-16-21(2,3)17-13-11-9-7-8-10-12-14-18-22(4,5)19-15-20(23)24/h20,23-24H,6-19H2,1-5H3. The van der Waals surface area contributed by atoms with Crippen LogP contribution in [-0.4, -0.2) is 16.5 Å². The van der Waals surface area contributed by atoms with Crippen molar-refractivity contribution in [3.05, 3.63) is 0 Å². The van der Waals surface area contributed by atoms with Gasteiger partial charge in [0.1, 0.15) is 0 Å². The summed E-state index contributed by atoms with van der Waals surface area (Å²) in [7, 11) is 0. The van der Waals surface area contributed by atoms with E-state index in [0.29, 0.717) is 11.8 Å². The van der Waals surface area contributed by atoms with Gasteiger partial charge in [0.25, 0.3) is 0 Å². The molecule has 0 aromatic rings. The van der Waals surface area contributed by atoms with Crippen LogP contribution >= 0.6 is 0 Å². The van der Waals surface area contributed by atoms with Crippen LogP contribution in [0.4, 0.5) is 0 Å². The normalized spacial score (nSPS) is 13.0. The van der Waals surface area contributed by atoms with E-state index >= 15 is 0 Å². The average molecular weight is 343 g/mol. The predicted octanol–water partition coefficient (Wildman–Crippen LogP) is 6.83. The van der Waals surface area contributed by atoms with E-state index in [2.05, 4.69) is 34.6 Å². The van der Waals surface area contributed by atoms with Crippen LogP contribution in [0.25, 0.3) is 0 Å². The van der Waals surface area contributed by atoms with E-state index in [-0.39, 0.29) is 5.41 Å². The van der Waals surface area contributed by atoms with Gasteiger partial charge in [0, 0.05) is 0 Å². The summed E-state index contributed by atoms with van der Waals surface area (Å²) in [5.41, 5.74) is 0.794. The quantitative estimate of drug-likeness (QED) is 0.238. The minimum absolute atomic E-state index is 0.245. The second-order valence-corrected chi connectivity index (χ2v) is 9.43. The van der Waals surface area contributed by atoms with Gasteiger partial charge in [0.15, 0.2) is 6.29 Å².